The van der Waals surface area contributed by atoms with Crippen molar-refractivity contribution in [2.24, 2.45) is 0 Å². The van der Waals surface area contributed by atoms with Crippen LogP contribution in [0.25, 0.3) is 0 Å². The zero-order valence-corrected chi connectivity index (χ0v) is 12.4. The molecule has 0 saturated heterocycles. The molecule has 2 aromatic rings. The highest BCUT2D eigenvalue weighted by atomic mass is 32.1. The van der Waals surface area contributed by atoms with Crippen LogP contribution < -0.4 is 11.1 Å². The molecule has 1 amide bonds. The highest BCUT2D eigenvalue weighted by Crippen LogP contribution is 2.28. The highest BCUT2D eigenvalue weighted by Gasteiger charge is 2.15. The van der Waals surface area contributed by atoms with E-state index in [0.29, 0.717) is 22.3 Å². The Morgan fingerprint density at radius 3 is 2.50 bits per heavy atom. The van der Waals surface area contributed by atoms with E-state index >= 15 is 0 Å². The minimum atomic E-state index is -0.197. The molecule has 2 rings (SSSR count). The number of nitrogens with two attached hydrogens (primary N) is 1. The number of hydrogen-bond acceptors (Lipinski definition) is 5. The monoisotopic (exact) mass is 290 g/mol. The number of amides is 1. The van der Waals surface area contributed by atoms with Gasteiger partial charge in [-0.1, -0.05) is 25.2 Å². The summed E-state index contributed by atoms with van der Waals surface area (Å²) in [6, 6.07) is 6.77. The van der Waals surface area contributed by atoms with Crippen LogP contribution in [0.2, 0.25) is 0 Å². The first-order valence-electron chi connectivity index (χ1n) is 6.64. The third kappa shape index (κ3) is 3.33. The minimum absolute atomic E-state index is 0.197. The van der Waals surface area contributed by atoms with Crippen LogP contribution in [0.5, 0.6) is 0 Å². The highest BCUT2D eigenvalue weighted by molar-refractivity contribution is 7.15. The Bertz CT molecular complexity index is 575. The first kappa shape index (κ1) is 14.5. The number of nitrogens with zero attached hydrogens (tertiary/aromatic N) is 2. The maximum atomic E-state index is 12.0. The van der Waals surface area contributed by atoms with Crippen LogP contribution in [0.1, 0.15) is 48.0 Å². The van der Waals surface area contributed by atoms with E-state index in [9.17, 15) is 4.79 Å². The molecule has 0 radical (unpaired) electrons. The number of anilines is 2. The molecule has 106 valence electrons. The summed E-state index contributed by atoms with van der Waals surface area (Å²) < 4.78 is 0. The van der Waals surface area contributed by atoms with Crippen LogP contribution in [0.4, 0.5) is 10.8 Å². The van der Waals surface area contributed by atoms with Crippen LogP contribution in [-0.4, -0.2) is 16.1 Å². The van der Waals surface area contributed by atoms with Gasteiger partial charge in [0.05, 0.1) is 0 Å². The second-order valence-corrected chi connectivity index (χ2v) is 5.54. The zero-order chi connectivity index (χ0) is 14.5. The van der Waals surface area contributed by atoms with Gasteiger partial charge >= 0.3 is 0 Å². The second-order valence-electron chi connectivity index (χ2n) is 4.54. The first-order chi connectivity index (χ1) is 9.63. The molecule has 6 heteroatoms. The quantitative estimate of drug-likeness (QED) is 0.828. The van der Waals surface area contributed by atoms with Crippen molar-refractivity contribution in [2.45, 2.75) is 32.6 Å². The van der Waals surface area contributed by atoms with Crippen LogP contribution in [0, 0.1) is 0 Å². The first-order valence-corrected chi connectivity index (χ1v) is 7.46. The van der Waals surface area contributed by atoms with Crippen LogP contribution in [0.15, 0.2) is 24.3 Å². The molecule has 0 atom stereocenters. The van der Waals surface area contributed by atoms with Crippen molar-refractivity contribution in [2.75, 3.05) is 11.1 Å². The summed E-state index contributed by atoms with van der Waals surface area (Å²) in [6.45, 7) is 4.25. The molecule has 1 aromatic heterocycles. The summed E-state index contributed by atoms with van der Waals surface area (Å²) in [7, 11) is 0. The van der Waals surface area contributed by atoms with E-state index in [2.05, 4.69) is 29.4 Å². The lowest BCUT2D eigenvalue weighted by Crippen LogP contribution is -2.11. The summed E-state index contributed by atoms with van der Waals surface area (Å²) in [5, 5.41) is 12.5. The van der Waals surface area contributed by atoms with Gasteiger partial charge < -0.3 is 5.73 Å². The number of rotatable bonds is 5. The fourth-order valence-electron chi connectivity index (χ4n) is 1.89. The molecule has 20 heavy (non-hydrogen) atoms. The minimum Gasteiger partial charge on any atom is -0.399 e. The summed E-state index contributed by atoms with van der Waals surface area (Å²) in [5.74, 6) is 0.215. The molecule has 0 bridgehead atoms. The summed E-state index contributed by atoms with van der Waals surface area (Å²) in [4.78, 5) is 12.0. The van der Waals surface area contributed by atoms with E-state index in [4.69, 9.17) is 5.73 Å². The molecule has 1 heterocycles. The average molecular weight is 290 g/mol. The molecule has 0 aliphatic rings. The van der Waals surface area contributed by atoms with E-state index < -0.39 is 0 Å². The summed E-state index contributed by atoms with van der Waals surface area (Å²) in [6.07, 6.45) is 2.05. The van der Waals surface area contributed by atoms with Gasteiger partial charge in [-0.2, -0.15) is 0 Å². The number of benzene rings is 1. The molecule has 0 aliphatic heterocycles. The molecule has 0 unspecified atom stereocenters. The second kappa shape index (κ2) is 6.47. The van der Waals surface area contributed by atoms with E-state index in [1.807, 2.05) is 0 Å². The van der Waals surface area contributed by atoms with Crippen molar-refractivity contribution in [3.8, 4) is 0 Å². The van der Waals surface area contributed by atoms with Crippen molar-refractivity contribution in [3.63, 3.8) is 0 Å². The van der Waals surface area contributed by atoms with Crippen molar-refractivity contribution < 1.29 is 4.79 Å². The number of nitrogens with one attached hydrogen (secondary N) is 1. The molecule has 0 fully saturated rings. The molecular weight excluding hydrogens is 272 g/mol. The number of aromatic nitrogens is 2. The molecule has 3 N–H and O–H groups in total. The molecule has 0 saturated carbocycles. The van der Waals surface area contributed by atoms with Crippen molar-refractivity contribution in [1.29, 1.82) is 0 Å². The Morgan fingerprint density at radius 2 is 1.90 bits per heavy atom. The Balaban J connectivity index is 2.06. The summed E-state index contributed by atoms with van der Waals surface area (Å²) in [5.41, 5.74) is 6.78. The fourth-order valence-corrected chi connectivity index (χ4v) is 2.90. The Morgan fingerprint density at radius 1 is 1.25 bits per heavy atom. The smallest absolute Gasteiger partial charge is 0.257 e. The van der Waals surface area contributed by atoms with Gasteiger partial charge in [-0.15, -0.1) is 10.2 Å². The number of carbonyl (C=O) groups excluding carboxylic acids is 1. The zero-order valence-electron chi connectivity index (χ0n) is 11.6. The molecular formula is C14H18N4OS. The molecule has 1 aromatic carbocycles. The van der Waals surface area contributed by atoms with Gasteiger partial charge in [0.1, 0.15) is 5.01 Å². The van der Waals surface area contributed by atoms with Gasteiger partial charge in [0.25, 0.3) is 5.91 Å². The van der Waals surface area contributed by atoms with Gasteiger partial charge in [0.2, 0.25) is 5.13 Å². The Hall–Kier alpha value is -1.95. The average Bonchev–Trinajstić information content (AvgIpc) is 2.89. The maximum Gasteiger partial charge on any atom is 0.257 e. The van der Waals surface area contributed by atoms with Gasteiger partial charge in [0.15, 0.2) is 0 Å². The van der Waals surface area contributed by atoms with E-state index in [1.54, 1.807) is 24.3 Å². The van der Waals surface area contributed by atoms with Crippen LogP contribution >= 0.6 is 11.3 Å². The van der Waals surface area contributed by atoms with Gasteiger partial charge in [0, 0.05) is 17.2 Å². The van der Waals surface area contributed by atoms with E-state index in [1.165, 1.54) is 11.3 Å². The van der Waals surface area contributed by atoms with Crippen LogP contribution in [0.3, 0.4) is 0 Å². The number of carbonyl (C=O) groups is 1. The van der Waals surface area contributed by atoms with Crippen molar-refractivity contribution in [3.05, 3.63) is 34.8 Å². The van der Waals surface area contributed by atoms with Crippen LogP contribution in [-0.2, 0) is 0 Å². The predicted molar refractivity (Wildman–Crippen MR) is 82.0 cm³/mol. The summed E-state index contributed by atoms with van der Waals surface area (Å²) >= 11 is 1.44. The lowest BCUT2D eigenvalue weighted by Gasteiger charge is -2.05. The largest absolute Gasteiger partial charge is 0.399 e. The Kier molecular flexibility index (Phi) is 4.68. The molecule has 5 nitrogen and oxygen atoms in total. The lowest BCUT2D eigenvalue weighted by atomic mass is 10.1. The standard InChI is InChI=1S/C14H18N4OS/c1-3-9(4-2)13-17-18-14(20-13)16-12(19)10-5-7-11(15)8-6-10/h5-9H,3-4,15H2,1-2H3,(H,16,18,19). The predicted octanol–water partition coefficient (Wildman–Crippen LogP) is 3.28. The van der Waals surface area contributed by atoms with E-state index in [-0.39, 0.29) is 5.91 Å². The maximum absolute atomic E-state index is 12.0. The van der Waals surface area contributed by atoms with Crippen molar-refractivity contribution >= 4 is 28.1 Å². The topological polar surface area (TPSA) is 80.9 Å². The molecule has 0 aliphatic carbocycles. The molecule has 0 spiro atoms. The normalized spacial score (nSPS) is 10.8. The lowest BCUT2D eigenvalue weighted by molar-refractivity contribution is 0.102. The number of nitrogen functional groups attached to an aromatic ring is 1. The third-order valence-corrected chi connectivity index (χ3v) is 4.17. The number of hydrogen-bond donors (Lipinski definition) is 2. The third-order valence-electron chi connectivity index (χ3n) is 3.17. The SMILES string of the molecule is CCC(CC)c1nnc(NC(=O)c2ccc(N)cc2)s1. The van der Waals surface area contributed by atoms with Gasteiger partial charge in [-0.05, 0) is 37.1 Å². The van der Waals surface area contributed by atoms with Crippen molar-refractivity contribution in [1.82, 2.24) is 10.2 Å². The Labute approximate surface area is 122 Å². The fraction of sp³-hybridized carbons (Fsp3) is 0.357. The van der Waals surface area contributed by atoms with Gasteiger partial charge in [-0.25, -0.2) is 0 Å². The van der Waals surface area contributed by atoms with Gasteiger partial charge in [-0.3, -0.25) is 10.1 Å². The van der Waals surface area contributed by atoms with E-state index in [0.717, 1.165) is 17.8 Å².